The summed E-state index contributed by atoms with van der Waals surface area (Å²) in [6, 6.07) is 13.5. The maximum absolute atomic E-state index is 12.0. The lowest BCUT2D eigenvalue weighted by Crippen LogP contribution is -2.13. The lowest BCUT2D eigenvalue weighted by Gasteiger charge is -2.18. The molecule has 0 bridgehead atoms. The van der Waals surface area contributed by atoms with Crippen LogP contribution in [0.15, 0.2) is 53.2 Å². The first-order valence-corrected chi connectivity index (χ1v) is 8.56. The fourth-order valence-corrected chi connectivity index (χ4v) is 2.46. The number of aromatic nitrogens is 3. The average molecular weight is 350 g/mol. The number of anilines is 1. The highest BCUT2D eigenvalue weighted by atomic mass is 16.5. The Morgan fingerprint density at radius 3 is 2.54 bits per heavy atom. The highest BCUT2D eigenvalue weighted by Gasteiger charge is 2.15. The summed E-state index contributed by atoms with van der Waals surface area (Å²) in [5, 5.41) is 6.74. The molecule has 0 aliphatic rings. The lowest BCUT2D eigenvalue weighted by molar-refractivity contribution is -0.116. The van der Waals surface area contributed by atoms with E-state index in [-0.39, 0.29) is 17.7 Å². The van der Waals surface area contributed by atoms with Gasteiger partial charge in [0.05, 0.1) is 0 Å². The molecule has 1 aromatic carbocycles. The van der Waals surface area contributed by atoms with E-state index >= 15 is 0 Å². The second-order valence-corrected chi connectivity index (χ2v) is 7.10. The second kappa shape index (κ2) is 7.47. The van der Waals surface area contributed by atoms with Crippen LogP contribution in [0.1, 0.15) is 38.6 Å². The normalized spacial score (nSPS) is 11.3. The Morgan fingerprint density at radius 2 is 1.88 bits per heavy atom. The molecule has 2 aromatic heterocycles. The van der Waals surface area contributed by atoms with Crippen molar-refractivity contribution in [3.63, 3.8) is 0 Å². The molecule has 2 heterocycles. The van der Waals surface area contributed by atoms with Crippen LogP contribution >= 0.6 is 0 Å². The molecule has 6 nitrogen and oxygen atoms in total. The van der Waals surface area contributed by atoms with E-state index < -0.39 is 0 Å². The number of nitrogens with one attached hydrogen (secondary N) is 1. The molecule has 0 aliphatic carbocycles. The Morgan fingerprint density at radius 1 is 1.12 bits per heavy atom. The molecule has 3 rings (SSSR count). The molecule has 0 spiro atoms. The molecule has 0 unspecified atom stereocenters. The van der Waals surface area contributed by atoms with E-state index in [1.807, 2.05) is 18.2 Å². The minimum atomic E-state index is -0.141. The van der Waals surface area contributed by atoms with Crippen molar-refractivity contribution >= 4 is 11.7 Å². The number of aryl methyl sites for hydroxylation is 1. The quantitative estimate of drug-likeness (QED) is 0.752. The standard InChI is InChI=1S/C20H22N4O2/c1-20(2,3)15-9-7-14(8-10-15)19-23-18(26-24-19)12-11-17(25)22-16-6-4-5-13-21-16/h4-10,13H,11-12H2,1-3H3,(H,21,22,25). The zero-order valence-corrected chi connectivity index (χ0v) is 15.2. The van der Waals surface area contributed by atoms with Gasteiger partial charge in [0.1, 0.15) is 5.82 Å². The van der Waals surface area contributed by atoms with Crippen molar-refractivity contribution in [2.45, 2.75) is 39.0 Å². The van der Waals surface area contributed by atoms with Crippen LogP contribution < -0.4 is 5.32 Å². The van der Waals surface area contributed by atoms with E-state index in [0.717, 1.165) is 5.56 Å². The fraction of sp³-hybridized carbons (Fsp3) is 0.300. The van der Waals surface area contributed by atoms with Crippen molar-refractivity contribution in [1.29, 1.82) is 0 Å². The topological polar surface area (TPSA) is 80.9 Å². The first-order valence-electron chi connectivity index (χ1n) is 8.56. The summed E-state index contributed by atoms with van der Waals surface area (Å²) in [4.78, 5) is 20.4. The van der Waals surface area contributed by atoms with Gasteiger partial charge in [-0.15, -0.1) is 0 Å². The van der Waals surface area contributed by atoms with Gasteiger partial charge in [-0.05, 0) is 23.1 Å². The van der Waals surface area contributed by atoms with Crippen LogP contribution in [0.3, 0.4) is 0 Å². The number of amides is 1. The van der Waals surface area contributed by atoms with Gasteiger partial charge in [0.25, 0.3) is 0 Å². The van der Waals surface area contributed by atoms with Crippen molar-refractivity contribution in [3.8, 4) is 11.4 Å². The molecule has 0 atom stereocenters. The predicted octanol–water partition coefficient (Wildman–Crippen LogP) is 4.00. The van der Waals surface area contributed by atoms with Crippen LogP contribution in [-0.4, -0.2) is 21.0 Å². The molecule has 26 heavy (non-hydrogen) atoms. The average Bonchev–Trinajstić information content (AvgIpc) is 3.09. The number of hydrogen-bond donors (Lipinski definition) is 1. The highest BCUT2D eigenvalue weighted by Crippen LogP contribution is 2.25. The lowest BCUT2D eigenvalue weighted by atomic mass is 9.87. The van der Waals surface area contributed by atoms with Crippen LogP contribution in [0.5, 0.6) is 0 Å². The van der Waals surface area contributed by atoms with E-state index in [1.54, 1.807) is 18.3 Å². The Labute approximate surface area is 152 Å². The third kappa shape index (κ3) is 4.53. The molecule has 6 heteroatoms. The van der Waals surface area contributed by atoms with E-state index in [0.29, 0.717) is 24.0 Å². The van der Waals surface area contributed by atoms with Crippen LogP contribution in [0, 0.1) is 0 Å². The summed E-state index contributed by atoms with van der Waals surface area (Å²) in [6.45, 7) is 6.51. The van der Waals surface area contributed by atoms with E-state index in [4.69, 9.17) is 4.52 Å². The summed E-state index contributed by atoms with van der Waals surface area (Å²) in [5.74, 6) is 1.36. The molecule has 3 aromatic rings. The number of rotatable bonds is 5. The highest BCUT2D eigenvalue weighted by molar-refractivity contribution is 5.89. The van der Waals surface area contributed by atoms with E-state index in [1.165, 1.54) is 5.56 Å². The first-order chi connectivity index (χ1) is 12.4. The Bertz CT molecular complexity index is 865. The minimum Gasteiger partial charge on any atom is -0.339 e. The second-order valence-electron chi connectivity index (χ2n) is 7.10. The van der Waals surface area contributed by atoms with Crippen molar-refractivity contribution in [3.05, 3.63) is 60.1 Å². The third-order valence-corrected chi connectivity index (χ3v) is 3.98. The smallest absolute Gasteiger partial charge is 0.227 e. The summed E-state index contributed by atoms with van der Waals surface area (Å²) in [5.41, 5.74) is 2.24. The van der Waals surface area contributed by atoms with Gasteiger partial charge in [-0.1, -0.05) is 56.3 Å². The molecule has 1 amide bonds. The van der Waals surface area contributed by atoms with Gasteiger partial charge in [0.2, 0.25) is 17.6 Å². The largest absolute Gasteiger partial charge is 0.339 e. The number of nitrogens with zero attached hydrogens (tertiary/aromatic N) is 3. The number of pyridine rings is 1. The Kier molecular flexibility index (Phi) is 5.11. The Balaban J connectivity index is 1.58. The SMILES string of the molecule is CC(C)(C)c1ccc(-c2noc(CCC(=O)Nc3ccccn3)n2)cc1. The van der Waals surface area contributed by atoms with Crippen molar-refractivity contribution in [2.24, 2.45) is 0 Å². The summed E-state index contributed by atoms with van der Waals surface area (Å²) in [7, 11) is 0. The predicted molar refractivity (Wildman–Crippen MR) is 99.6 cm³/mol. The third-order valence-electron chi connectivity index (χ3n) is 3.98. The van der Waals surface area contributed by atoms with Gasteiger partial charge in [-0.2, -0.15) is 4.98 Å². The molecule has 1 N–H and O–H groups in total. The van der Waals surface area contributed by atoms with Crippen LogP contribution in [0.25, 0.3) is 11.4 Å². The summed E-state index contributed by atoms with van der Waals surface area (Å²) in [6.07, 6.45) is 2.26. The van der Waals surface area contributed by atoms with Crippen LogP contribution in [0.4, 0.5) is 5.82 Å². The van der Waals surface area contributed by atoms with Crippen LogP contribution in [0.2, 0.25) is 0 Å². The zero-order valence-electron chi connectivity index (χ0n) is 15.2. The monoisotopic (exact) mass is 350 g/mol. The van der Waals surface area contributed by atoms with E-state index in [2.05, 4.69) is 53.3 Å². The van der Waals surface area contributed by atoms with Gasteiger partial charge in [-0.3, -0.25) is 4.79 Å². The van der Waals surface area contributed by atoms with Gasteiger partial charge in [0.15, 0.2) is 0 Å². The molecular weight excluding hydrogens is 328 g/mol. The molecule has 0 saturated carbocycles. The van der Waals surface area contributed by atoms with Gasteiger partial charge in [0, 0.05) is 24.6 Å². The molecule has 0 aliphatic heterocycles. The van der Waals surface area contributed by atoms with Crippen molar-refractivity contribution < 1.29 is 9.32 Å². The first kappa shape index (κ1) is 17.8. The van der Waals surface area contributed by atoms with Gasteiger partial charge >= 0.3 is 0 Å². The van der Waals surface area contributed by atoms with Gasteiger partial charge < -0.3 is 9.84 Å². The summed E-state index contributed by atoms with van der Waals surface area (Å²) < 4.78 is 5.26. The Hall–Kier alpha value is -3.02. The number of carbonyl (C=O) groups is 1. The van der Waals surface area contributed by atoms with Gasteiger partial charge in [-0.25, -0.2) is 4.98 Å². The molecule has 0 radical (unpaired) electrons. The number of carbonyl (C=O) groups excluding carboxylic acids is 1. The fourth-order valence-electron chi connectivity index (χ4n) is 2.46. The maximum atomic E-state index is 12.0. The minimum absolute atomic E-state index is 0.0991. The number of hydrogen-bond acceptors (Lipinski definition) is 5. The molecule has 134 valence electrons. The number of benzene rings is 1. The zero-order chi connectivity index (χ0) is 18.6. The van der Waals surface area contributed by atoms with Crippen LogP contribution in [-0.2, 0) is 16.6 Å². The van der Waals surface area contributed by atoms with E-state index in [9.17, 15) is 4.79 Å². The van der Waals surface area contributed by atoms with Crippen molar-refractivity contribution in [2.75, 3.05) is 5.32 Å². The molecular formula is C20H22N4O2. The molecule has 0 saturated heterocycles. The summed E-state index contributed by atoms with van der Waals surface area (Å²) >= 11 is 0. The molecule has 0 fully saturated rings. The maximum Gasteiger partial charge on any atom is 0.227 e. The van der Waals surface area contributed by atoms with Crippen molar-refractivity contribution in [1.82, 2.24) is 15.1 Å².